The SMILES string of the molecule is O=C(N1CCN(c2ncc(Br)cn2)CC1)C(F)(F)F. The first-order valence-corrected chi connectivity index (χ1v) is 6.26. The van der Waals surface area contributed by atoms with Crippen LogP contribution in [-0.2, 0) is 4.79 Å². The summed E-state index contributed by atoms with van der Waals surface area (Å²) >= 11 is 3.20. The second-order valence-electron chi connectivity index (χ2n) is 3.98. The van der Waals surface area contributed by atoms with E-state index in [1.54, 1.807) is 17.3 Å². The van der Waals surface area contributed by atoms with Gasteiger partial charge in [0.15, 0.2) is 0 Å². The van der Waals surface area contributed by atoms with Crippen LogP contribution in [0, 0.1) is 0 Å². The van der Waals surface area contributed by atoms with Gasteiger partial charge in [-0.05, 0) is 15.9 Å². The van der Waals surface area contributed by atoms with Crippen LogP contribution < -0.4 is 4.90 Å². The van der Waals surface area contributed by atoms with E-state index in [0.29, 0.717) is 5.95 Å². The van der Waals surface area contributed by atoms with Crippen molar-refractivity contribution in [1.29, 1.82) is 0 Å². The number of amides is 1. The van der Waals surface area contributed by atoms with Crippen molar-refractivity contribution in [3.05, 3.63) is 16.9 Å². The summed E-state index contributed by atoms with van der Waals surface area (Å²) < 4.78 is 37.5. The van der Waals surface area contributed by atoms with E-state index in [-0.39, 0.29) is 26.2 Å². The molecule has 1 aromatic heterocycles. The van der Waals surface area contributed by atoms with Crippen molar-refractivity contribution in [1.82, 2.24) is 14.9 Å². The minimum Gasteiger partial charge on any atom is -0.337 e. The molecule has 9 heteroatoms. The number of anilines is 1. The van der Waals surface area contributed by atoms with Gasteiger partial charge in [0.25, 0.3) is 0 Å². The van der Waals surface area contributed by atoms with Crippen LogP contribution in [0.5, 0.6) is 0 Å². The molecule has 0 spiro atoms. The largest absolute Gasteiger partial charge is 0.471 e. The van der Waals surface area contributed by atoms with Crippen LogP contribution in [0.1, 0.15) is 0 Å². The Hall–Kier alpha value is -1.38. The summed E-state index contributed by atoms with van der Waals surface area (Å²) in [6.07, 6.45) is -1.68. The third kappa shape index (κ3) is 3.34. The lowest BCUT2D eigenvalue weighted by Gasteiger charge is -2.34. The van der Waals surface area contributed by atoms with Gasteiger partial charge in [0.1, 0.15) is 0 Å². The second-order valence-corrected chi connectivity index (χ2v) is 4.89. The Morgan fingerprint density at radius 3 is 2.16 bits per heavy atom. The average molecular weight is 339 g/mol. The van der Waals surface area contributed by atoms with Crippen LogP contribution in [0.3, 0.4) is 0 Å². The van der Waals surface area contributed by atoms with Crippen molar-refractivity contribution in [2.75, 3.05) is 31.1 Å². The Bertz CT molecular complexity index is 457. The number of halogens is 4. The first-order valence-electron chi connectivity index (χ1n) is 5.46. The zero-order valence-electron chi connectivity index (χ0n) is 9.69. The van der Waals surface area contributed by atoms with E-state index in [1.165, 1.54) is 0 Å². The maximum atomic E-state index is 12.3. The van der Waals surface area contributed by atoms with Gasteiger partial charge in [-0.1, -0.05) is 0 Å². The highest BCUT2D eigenvalue weighted by Gasteiger charge is 2.43. The molecule has 0 saturated carbocycles. The van der Waals surface area contributed by atoms with Gasteiger partial charge in [-0.2, -0.15) is 13.2 Å². The van der Waals surface area contributed by atoms with E-state index < -0.39 is 12.1 Å². The van der Waals surface area contributed by atoms with Gasteiger partial charge in [0.2, 0.25) is 5.95 Å². The Morgan fingerprint density at radius 1 is 1.16 bits per heavy atom. The lowest BCUT2D eigenvalue weighted by atomic mass is 10.3. The third-order valence-corrected chi connectivity index (χ3v) is 3.11. The maximum Gasteiger partial charge on any atom is 0.471 e. The van der Waals surface area contributed by atoms with Crippen LogP contribution in [0.4, 0.5) is 19.1 Å². The average Bonchev–Trinajstić information content (AvgIpc) is 2.38. The van der Waals surface area contributed by atoms with Gasteiger partial charge in [0.05, 0.1) is 4.47 Å². The molecule has 0 aliphatic carbocycles. The fraction of sp³-hybridized carbons (Fsp3) is 0.500. The number of alkyl halides is 3. The first-order chi connectivity index (χ1) is 8.88. The standard InChI is InChI=1S/C10H10BrF3N4O/c11-7-5-15-9(16-6-7)18-3-1-17(2-4-18)8(19)10(12,13)14/h5-6H,1-4H2. The topological polar surface area (TPSA) is 49.3 Å². The number of piperazine rings is 1. The van der Waals surface area contributed by atoms with Crippen molar-refractivity contribution in [2.24, 2.45) is 0 Å². The molecule has 2 rings (SSSR count). The molecule has 0 aromatic carbocycles. The number of carbonyl (C=O) groups is 1. The van der Waals surface area contributed by atoms with E-state index in [1.807, 2.05) is 0 Å². The summed E-state index contributed by atoms with van der Waals surface area (Å²) in [6, 6.07) is 0. The summed E-state index contributed by atoms with van der Waals surface area (Å²) in [7, 11) is 0. The number of rotatable bonds is 1. The number of nitrogens with zero attached hydrogens (tertiary/aromatic N) is 4. The lowest BCUT2D eigenvalue weighted by Crippen LogP contribution is -2.52. The minimum absolute atomic E-state index is 0.0117. The third-order valence-electron chi connectivity index (χ3n) is 2.70. The van der Waals surface area contributed by atoms with Crippen molar-refractivity contribution in [2.45, 2.75) is 6.18 Å². The monoisotopic (exact) mass is 338 g/mol. The predicted molar refractivity (Wildman–Crippen MR) is 64.6 cm³/mol. The molecule has 2 heterocycles. The Balaban J connectivity index is 1.96. The van der Waals surface area contributed by atoms with Crippen LogP contribution in [0.2, 0.25) is 0 Å². The zero-order chi connectivity index (χ0) is 14.0. The van der Waals surface area contributed by atoms with Crippen molar-refractivity contribution in [3.63, 3.8) is 0 Å². The quantitative estimate of drug-likeness (QED) is 0.777. The Kier molecular flexibility index (Phi) is 3.93. The number of hydrogen-bond donors (Lipinski definition) is 0. The molecule has 0 atom stereocenters. The van der Waals surface area contributed by atoms with Gasteiger partial charge in [0, 0.05) is 38.6 Å². The molecule has 1 fully saturated rings. The normalized spacial score (nSPS) is 16.6. The van der Waals surface area contributed by atoms with Gasteiger partial charge < -0.3 is 9.80 Å². The molecule has 5 nitrogen and oxygen atoms in total. The predicted octanol–water partition coefficient (Wildman–Crippen LogP) is 1.45. The Labute approximate surface area is 115 Å². The lowest BCUT2D eigenvalue weighted by molar-refractivity contribution is -0.185. The molecule has 1 saturated heterocycles. The van der Waals surface area contributed by atoms with Gasteiger partial charge in [-0.25, -0.2) is 9.97 Å². The van der Waals surface area contributed by atoms with Gasteiger partial charge in [-0.3, -0.25) is 4.79 Å². The maximum absolute atomic E-state index is 12.3. The zero-order valence-corrected chi connectivity index (χ0v) is 11.3. The fourth-order valence-electron chi connectivity index (χ4n) is 1.76. The van der Waals surface area contributed by atoms with E-state index in [4.69, 9.17) is 0 Å². The molecular weight excluding hydrogens is 329 g/mol. The number of aromatic nitrogens is 2. The summed E-state index contributed by atoms with van der Waals surface area (Å²) in [5, 5.41) is 0. The van der Waals surface area contributed by atoms with E-state index in [2.05, 4.69) is 25.9 Å². The van der Waals surface area contributed by atoms with E-state index in [0.717, 1.165) is 9.37 Å². The molecule has 104 valence electrons. The van der Waals surface area contributed by atoms with Crippen LogP contribution >= 0.6 is 15.9 Å². The fourth-order valence-corrected chi connectivity index (χ4v) is 1.96. The summed E-state index contributed by atoms with van der Waals surface area (Å²) in [5.74, 6) is -1.34. The highest BCUT2D eigenvalue weighted by atomic mass is 79.9. The summed E-state index contributed by atoms with van der Waals surface area (Å²) in [5.41, 5.74) is 0. The number of hydrogen-bond acceptors (Lipinski definition) is 4. The molecule has 0 radical (unpaired) electrons. The second kappa shape index (κ2) is 5.32. The highest BCUT2D eigenvalue weighted by molar-refractivity contribution is 9.10. The highest BCUT2D eigenvalue weighted by Crippen LogP contribution is 2.20. The Morgan fingerprint density at radius 2 is 1.68 bits per heavy atom. The molecule has 19 heavy (non-hydrogen) atoms. The van der Waals surface area contributed by atoms with Crippen molar-refractivity contribution >= 4 is 27.8 Å². The molecule has 0 bridgehead atoms. The molecule has 0 unspecified atom stereocenters. The molecule has 1 amide bonds. The summed E-state index contributed by atoms with van der Waals surface area (Å²) in [6.45, 7) is 0.586. The van der Waals surface area contributed by atoms with Gasteiger partial charge in [-0.15, -0.1) is 0 Å². The minimum atomic E-state index is -4.81. The van der Waals surface area contributed by atoms with Crippen molar-refractivity contribution in [3.8, 4) is 0 Å². The molecule has 1 aromatic rings. The smallest absolute Gasteiger partial charge is 0.337 e. The van der Waals surface area contributed by atoms with Crippen LogP contribution in [-0.4, -0.2) is 53.1 Å². The van der Waals surface area contributed by atoms with Crippen LogP contribution in [0.15, 0.2) is 16.9 Å². The van der Waals surface area contributed by atoms with E-state index in [9.17, 15) is 18.0 Å². The van der Waals surface area contributed by atoms with Gasteiger partial charge >= 0.3 is 12.1 Å². The number of carbonyl (C=O) groups excluding carboxylic acids is 1. The molecule has 0 N–H and O–H groups in total. The molecule has 1 aliphatic heterocycles. The van der Waals surface area contributed by atoms with Crippen LogP contribution in [0.25, 0.3) is 0 Å². The molecular formula is C10H10BrF3N4O. The summed E-state index contributed by atoms with van der Waals surface area (Å²) in [4.78, 5) is 21.7. The molecule has 1 aliphatic rings. The first kappa shape index (κ1) is 14.0. The van der Waals surface area contributed by atoms with Crippen molar-refractivity contribution < 1.29 is 18.0 Å². The van der Waals surface area contributed by atoms with E-state index >= 15 is 0 Å².